The van der Waals surface area contributed by atoms with Gasteiger partial charge in [0.1, 0.15) is 0 Å². The van der Waals surface area contributed by atoms with Crippen molar-refractivity contribution >= 4 is 7.60 Å². The standard InChI is InChI=1S/C10H23O5P/c1-8(2)14-16(13,15-9(3)4)10(12)6-5-7-11/h8-12H,5-7H2,1-4H3. The predicted molar refractivity (Wildman–Crippen MR) is 62.4 cm³/mol. The van der Waals surface area contributed by atoms with Gasteiger partial charge < -0.3 is 19.3 Å². The average molecular weight is 254 g/mol. The van der Waals surface area contributed by atoms with E-state index in [-0.39, 0.29) is 25.2 Å². The van der Waals surface area contributed by atoms with Crippen LogP contribution in [0.15, 0.2) is 0 Å². The Labute approximate surface area is 97.3 Å². The molecule has 0 spiro atoms. The third-order valence-corrected chi connectivity index (χ3v) is 4.12. The number of rotatable bonds is 8. The number of aliphatic hydroxyl groups excluding tert-OH is 2. The Balaban J connectivity index is 4.56. The fraction of sp³-hybridized carbons (Fsp3) is 1.00. The van der Waals surface area contributed by atoms with Gasteiger partial charge in [-0.3, -0.25) is 4.57 Å². The van der Waals surface area contributed by atoms with Crippen molar-refractivity contribution in [3.63, 3.8) is 0 Å². The summed E-state index contributed by atoms with van der Waals surface area (Å²) in [6, 6.07) is 0. The predicted octanol–water partition coefficient (Wildman–Crippen LogP) is 2.12. The van der Waals surface area contributed by atoms with Crippen LogP contribution in [0.3, 0.4) is 0 Å². The van der Waals surface area contributed by atoms with Gasteiger partial charge in [0.15, 0.2) is 5.85 Å². The van der Waals surface area contributed by atoms with Crippen molar-refractivity contribution in [3.8, 4) is 0 Å². The summed E-state index contributed by atoms with van der Waals surface area (Å²) in [5.74, 6) is -1.18. The van der Waals surface area contributed by atoms with Crippen LogP contribution >= 0.6 is 7.60 Å². The van der Waals surface area contributed by atoms with E-state index in [4.69, 9.17) is 14.2 Å². The van der Waals surface area contributed by atoms with Crippen LogP contribution in [0, 0.1) is 0 Å². The fourth-order valence-corrected chi connectivity index (χ4v) is 3.19. The van der Waals surface area contributed by atoms with E-state index in [0.717, 1.165) is 0 Å². The van der Waals surface area contributed by atoms with Gasteiger partial charge in [0.05, 0.1) is 12.2 Å². The first kappa shape index (κ1) is 16.1. The van der Waals surface area contributed by atoms with Gasteiger partial charge in [-0.25, -0.2) is 0 Å². The normalized spacial score (nSPS) is 14.8. The summed E-state index contributed by atoms with van der Waals surface area (Å²) >= 11 is 0. The smallest absolute Gasteiger partial charge is 0.359 e. The van der Waals surface area contributed by atoms with Crippen LogP contribution in [0.5, 0.6) is 0 Å². The van der Waals surface area contributed by atoms with Crippen LogP contribution in [0.2, 0.25) is 0 Å². The molecule has 0 rings (SSSR count). The third kappa shape index (κ3) is 5.97. The minimum Gasteiger partial charge on any atom is -0.396 e. The van der Waals surface area contributed by atoms with Gasteiger partial charge in [0, 0.05) is 6.61 Å². The highest BCUT2D eigenvalue weighted by Gasteiger charge is 2.36. The number of aliphatic hydroxyl groups is 2. The Bertz CT molecular complexity index is 215. The maximum absolute atomic E-state index is 12.3. The minimum atomic E-state index is -3.51. The molecule has 1 atom stereocenters. The monoisotopic (exact) mass is 254 g/mol. The van der Waals surface area contributed by atoms with Crippen molar-refractivity contribution in [2.45, 2.75) is 58.6 Å². The molecule has 0 amide bonds. The molecule has 0 saturated heterocycles. The zero-order chi connectivity index (χ0) is 12.8. The maximum atomic E-state index is 12.3. The lowest BCUT2D eigenvalue weighted by Crippen LogP contribution is -2.18. The van der Waals surface area contributed by atoms with Gasteiger partial charge in [-0.05, 0) is 40.5 Å². The first-order chi connectivity index (χ1) is 7.31. The van der Waals surface area contributed by atoms with E-state index in [2.05, 4.69) is 0 Å². The van der Waals surface area contributed by atoms with Crippen LogP contribution in [-0.2, 0) is 13.6 Å². The van der Waals surface area contributed by atoms with Crippen LogP contribution in [0.25, 0.3) is 0 Å². The van der Waals surface area contributed by atoms with E-state index < -0.39 is 13.4 Å². The topological polar surface area (TPSA) is 76.0 Å². The molecule has 0 saturated carbocycles. The van der Waals surface area contributed by atoms with E-state index in [1.807, 2.05) is 0 Å². The van der Waals surface area contributed by atoms with Crippen molar-refractivity contribution < 1.29 is 23.8 Å². The molecule has 2 N–H and O–H groups in total. The maximum Gasteiger partial charge on any atom is 0.359 e. The van der Waals surface area contributed by atoms with Gasteiger partial charge in [-0.1, -0.05) is 0 Å². The first-order valence-electron chi connectivity index (χ1n) is 5.57. The van der Waals surface area contributed by atoms with Crippen molar-refractivity contribution in [2.75, 3.05) is 6.61 Å². The van der Waals surface area contributed by atoms with E-state index in [1.165, 1.54) is 0 Å². The molecule has 1 unspecified atom stereocenters. The lowest BCUT2D eigenvalue weighted by atomic mass is 10.3. The molecule has 0 radical (unpaired) electrons. The van der Waals surface area contributed by atoms with Crippen LogP contribution < -0.4 is 0 Å². The van der Waals surface area contributed by atoms with Crippen molar-refractivity contribution in [3.05, 3.63) is 0 Å². The Hall–Kier alpha value is 0.0700. The molecule has 5 nitrogen and oxygen atoms in total. The molecular formula is C10H23O5P. The third-order valence-electron chi connectivity index (χ3n) is 1.70. The highest BCUT2D eigenvalue weighted by atomic mass is 31.2. The van der Waals surface area contributed by atoms with E-state index in [0.29, 0.717) is 6.42 Å². The SMILES string of the molecule is CC(C)OP(=O)(OC(C)C)C(O)CCCO. The molecule has 0 heterocycles. The molecule has 0 aromatic heterocycles. The van der Waals surface area contributed by atoms with Gasteiger partial charge >= 0.3 is 7.60 Å². The molecule has 0 bridgehead atoms. The minimum absolute atomic E-state index is 0.0551. The summed E-state index contributed by atoms with van der Waals surface area (Å²) in [4.78, 5) is 0. The summed E-state index contributed by atoms with van der Waals surface area (Å²) in [6.45, 7) is 6.87. The molecule has 0 aliphatic rings. The largest absolute Gasteiger partial charge is 0.396 e. The molecule has 0 aromatic rings. The Morgan fingerprint density at radius 3 is 1.88 bits per heavy atom. The van der Waals surface area contributed by atoms with Crippen LogP contribution in [0.1, 0.15) is 40.5 Å². The second kappa shape index (κ2) is 7.41. The van der Waals surface area contributed by atoms with Crippen molar-refractivity contribution in [1.82, 2.24) is 0 Å². The Kier molecular flexibility index (Phi) is 7.44. The van der Waals surface area contributed by atoms with Gasteiger partial charge in [-0.2, -0.15) is 0 Å². The summed E-state index contributed by atoms with van der Waals surface area (Å²) in [5.41, 5.74) is 0. The number of hydrogen-bond acceptors (Lipinski definition) is 5. The summed E-state index contributed by atoms with van der Waals surface area (Å²) in [6.07, 6.45) is 0.00287. The quantitative estimate of drug-likeness (QED) is 0.649. The Morgan fingerprint density at radius 2 is 1.56 bits per heavy atom. The average Bonchev–Trinajstić information content (AvgIpc) is 2.11. The molecule has 0 aliphatic carbocycles. The van der Waals surface area contributed by atoms with Crippen molar-refractivity contribution in [2.24, 2.45) is 0 Å². The molecular weight excluding hydrogens is 231 g/mol. The Morgan fingerprint density at radius 1 is 1.12 bits per heavy atom. The zero-order valence-corrected chi connectivity index (χ0v) is 11.3. The van der Waals surface area contributed by atoms with Gasteiger partial charge in [0.25, 0.3) is 0 Å². The van der Waals surface area contributed by atoms with Crippen LogP contribution in [0.4, 0.5) is 0 Å². The summed E-state index contributed by atoms with van der Waals surface area (Å²) < 4.78 is 22.7. The lowest BCUT2D eigenvalue weighted by molar-refractivity contribution is 0.0953. The molecule has 16 heavy (non-hydrogen) atoms. The zero-order valence-electron chi connectivity index (χ0n) is 10.4. The molecule has 98 valence electrons. The molecule has 0 aromatic carbocycles. The fourth-order valence-electron chi connectivity index (χ4n) is 1.19. The van der Waals surface area contributed by atoms with E-state index in [9.17, 15) is 9.67 Å². The second-order valence-electron chi connectivity index (χ2n) is 4.19. The van der Waals surface area contributed by atoms with Gasteiger partial charge in [-0.15, -0.1) is 0 Å². The molecule has 0 fully saturated rings. The number of hydrogen-bond donors (Lipinski definition) is 2. The highest BCUT2D eigenvalue weighted by molar-refractivity contribution is 7.54. The second-order valence-corrected chi connectivity index (χ2v) is 6.29. The van der Waals surface area contributed by atoms with E-state index in [1.54, 1.807) is 27.7 Å². The molecule has 6 heteroatoms. The summed E-state index contributed by atoms with van der Waals surface area (Å²) in [7, 11) is -3.51. The lowest BCUT2D eigenvalue weighted by Gasteiger charge is -2.26. The highest BCUT2D eigenvalue weighted by Crippen LogP contribution is 2.55. The summed E-state index contributed by atoms with van der Waals surface area (Å²) in [5, 5.41) is 18.4. The molecule has 0 aliphatic heterocycles. The van der Waals surface area contributed by atoms with Crippen LogP contribution in [-0.4, -0.2) is 34.9 Å². The first-order valence-corrected chi connectivity index (χ1v) is 7.18. The van der Waals surface area contributed by atoms with Gasteiger partial charge in [0.2, 0.25) is 0 Å². The van der Waals surface area contributed by atoms with Crippen molar-refractivity contribution in [1.29, 1.82) is 0 Å². The van der Waals surface area contributed by atoms with E-state index >= 15 is 0 Å².